The second-order valence-corrected chi connectivity index (χ2v) is 9.28. The number of nitrogens with zero attached hydrogens (tertiary/aromatic N) is 7. The summed E-state index contributed by atoms with van der Waals surface area (Å²) in [5, 5.41) is 7.74. The summed E-state index contributed by atoms with van der Waals surface area (Å²) in [5.41, 5.74) is 2.90. The molecule has 1 amide bonds. The van der Waals surface area contributed by atoms with Crippen molar-refractivity contribution in [3.05, 3.63) is 70.5 Å². The summed E-state index contributed by atoms with van der Waals surface area (Å²) in [6, 6.07) is 9.31. The van der Waals surface area contributed by atoms with E-state index in [0.29, 0.717) is 34.5 Å². The number of nitrogens with one attached hydrogen (secondary N) is 1. The molecule has 1 N–H and O–H groups in total. The molecule has 12 heteroatoms. The van der Waals surface area contributed by atoms with Crippen LogP contribution in [0.3, 0.4) is 0 Å². The Morgan fingerprint density at radius 3 is 2.60 bits per heavy atom. The lowest BCUT2D eigenvalue weighted by Crippen LogP contribution is -2.29. The van der Waals surface area contributed by atoms with Gasteiger partial charge in [-0.1, -0.05) is 6.07 Å². The third-order valence-corrected chi connectivity index (χ3v) is 6.35. The Kier molecular flexibility index (Phi) is 5.58. The summed E-state index contributed by atoms with van der Waals surface area (Å²) in [5.74, 6) is 1.31. The van der Waals surface area contributed by atoms with Gasteiger partial charge in [0.15, 0.2) is 17.2 Å². The van der Waals surface area contributed by atoms with Crippen LogP contribution in [0.4, 0.5) is 17.2 Å². The van der Waals surface area contributed by atoms with Crippen molar-refractivity contribution in [2.24, 2.45) is 0 Å². The van der Waals surface area contributed by atoms with E-state index in [9.17, 15) is 9.59 Å². The lowest BCUT2D eigenvalue weighted by Gasteiger charge is -2.22. The van der Waals surface area contributed by atoms with E-state index >= 15 is 0 Å². The molecule has 0 aromatic carbocycles. The molecule has 0 saturated heterocycles. The van der Waals surface area contributed by atoms with Crippen molar-refractivity contribution in [1.82, 2.24) is 29.5 Å². The molecule has 35 heavy (non-hydrogen) atoms. The first kappa shape index (κ1) is 22.7. The van der Waals surface area contributed by atoms with E-state index in [4.69, 9.17) is 5.10 Å². The molecular weight excluding hydrogens is 442 g/mol. The standard InChI is InChI=1S/C23H26B2N8O2/c1-13-6-7-19(26-11-13)32-8-4-5-16(23(32)35)30(2)20-10-17(31(3)25)21-27-12-18(33(21)29-20)22(34)28-15-9-14(15)24/h4-8,10-12,14-15H,9,24-25H2,1-3H3,(H,28,34)/t14-,15+/m0/s1. The monoisotopic (exact) mass is 468 g/mol. The zero-order valence-corrected chi connectivity index (χ0v) is 20.4. The van der Waals surface area contributed by atoms with Crippen LogP contribution >= 0.6 is 0 Å². The summed E-state index contributed by atoms with van der Waals surface area (Å²) < 4.78 is 3.05. The van der Waals surface area contributed by atoms with Crippen molar-refractivity contribution in [3.63, 3.8) is 0 Å². The van der Waals surface area contributed by atoms with Crippen molar-refractivity contribution in [2.75, 3.05) is 23.8 Å². The largest absolute Gasteiger partial charge is 0.421 e. The van der Waals surface area contributed by atoms with Crippen LogP contribution < -0.4 is 20.6 Å². The summed E-state index contributed by atoms with van der Waals surface area (Å²) in [7, 11) is 7.68. The van der Waals surface area contributed by atoms with Gasteiger partial charge in [0.2, 0.25) is 7.98 Å². The van der Waals surface area contributed by atoms with Crippen LogP contribution in [0, 0.1) is 6.92 Å². The second-order valence-electron chi connectivity index (χ2n) is 9.28. The number of pyridine rings is 2. The number of hydrogen-bond acceptors (Lipinski definition) is 7. The molecule has 1 aliphatic rings. The highest BCUT2D eigenvalue weighted by atomic mass is 16.2. The van der Waals surface area contributed by atoms with Crippen molar-refractivity contribution in [1.29, 1.82) is 0 Å². The topological polar surface area (TPSA) is 101 Å². The maximum absolute atomic E-state index is 13.4. The molecule has 0 spiro atoms. The number of aromatic nitrogens is 5. The zero-order valence-electron chi connectivity index (χ0n) is 20.4. The predicted octanol–water partition coefficient (Wildman–Crippen LogP) is 0.260. The highest BCUT2D eigenvalue weighted by molar-refractivity contribution is 6.19. The first-order chi connectivity index (χ1) is 16.7. The number of imidazole rings is 1. The molecule has 0 aliphatic heterocycles. The van der Waals surface area contributed by atoms with Crippen molar-refractivity contribution >= 4 is 44.6 Å². The van der Waals surface area contributed by atoms with E-state index < -0.39 is 0 Å². The number of anilines is 3. The fraction of sp³-hybridized carbons (Fsp3) is 0.261. The van der Waals surface area contributed by atoms with Gasteiger partial charge >= 0.3 is 0 Å². The Labute approximate surface area is 204 Å². The van der Waals surface area contributed by atoms with Crippen molar-refractivity contribution in [3.8, 4) is 5.82 Å². The number of hydrogen-bond donors (Lipinski definition) is 1. The summed E-state index contributed by atoms with van der Waals surface area (Å²) in [6.45, 7) is 1.95. The van der Waals surface area contributed by atoms with Crippen molar-refractivity contribution in [2.45, 2.75) is 25.2 Å². The molecule has 1 fully saturated rings. The first-order valence-electron chi connectivity index (χ1n) is 11.5. The number of carbonyl (C=O) groups excluding carboxylic acids is 1. The average molecular weight is 468 g/mol. The summed E-state index contributed by atoms with van der Waals surface area (Å²) in [6.07, 6.45) is 5.93. The number of fused-ring (bicyclic) bond motifs is 1. The molecule has 0 unspecified atom stereocenters. The maximum atomic E-state index is 13.4. The molecule has 4 aromatic rings. The minimum atomic E-state index is -0.231. The Balaban J connectivity index is 1.58. The van der Waals surface area contributed by atoms with Gasteiger partial charge in [0.25, 0.3) is 11.5 Å². The van der Waals surface area contributed by atoms with E-state index in [2.05, 4.69) is 23.1 Å². The van der Waals surface area contributed by atoms with Crippen LogP contribution in [-0.4, -0.2) is 66.0 Å². The average Bonchev–Trinajstić information content (AvgIpc) is 3.35. The second kappa shape index (κ2) is 8.61. The SMILES string of the molecule is B[C@H]1C[C@H]1NC(=O)c1cnc2c(N(B)C)cc(N(C)c3cccn(-c4ccc(C)cn4)c3=O)nn12. The van der Waals surface area contributed by atoms with Crippen LogP contribution in [0.1, 0.15) is 22.5 Å². The zero-order chi connectivity index (χ0) is 24.9. The third kappa shape index (κ3) is 4.16. The molecular formula is C23H26B2N8O2. The van der Waals surface area contributed by atoms with Gasteiger partial charge in [0.05, 0.1) is 11.9 Å². The lowest BCUT2D eigenvalue weighted by atomic mass is 10.0. The normalized spacial score (nSPS) is 16.8. The summed E-state index contributed by atoms with van der Waals surface area (Å²) in [4.78, 5) is 38.8. The van der Waals surface area contributed by atoms with Gasteiger partial charge in [-0.2, -0.15) is 0 Å². The molecule has 4 aromatic heterocycles. The fourth-order valence-corrected chi connectivity index (χ4v) is 4.00. The van der Waals surface area contributed by atoms with Crippen molar-refractivity contribution < 1.29 is 4.79 Å². The van der Waals surface area contributed by atoms with E-state index in [1.54, 1.807) is 47.2 Å². The third-order valence-electron chi connectivity index (χ3n) is 6.35. The molecule has 2 atom stereocenters. The highest BCUT2D eigenvalue weighted by Crippen LogP contribution is 2.33. The number of aryl methyl sites for hydroxylation is 1. The molecule has 10 nitrogen and oxygen atoms in total. The van der Waals surface area contributed by atoms with Crippen LogP contribution in [0.15, 0.2) is 53.7 Å². The Morgan fingerprint density at radius 1 is 1.17 bits per heavy atom. The Morgan fingerprint density at radius 2 is 1.94 bits per heavy atom. The minimum absolute atomic E-state index is 0.186. The van der Waals surface area contributed by atoms with Gasteiger partial charge in [-0.15, -0.1) is 5.10 Å². The van der Waals surface area contributed by atoms with E-state index in [1.165, 1.54) is 4.57 Å². The van der Waals surface area contributed by atoms with Crippen LogP contribution in [0.5, 0.6) is 0 Å². The molecule has 5 rings (SSSR count). The quantitative estimate of drug-likeness (QED) is 0.406. The van der Waals surface area contributed by atoms with Gasteiger partial charge in [-0.25, -0.2) is 14.5 Å². The van der Waals surface area contributed by atoms with Gasteiger partial charge in [0.1, 0.15) is 19.4 Å². The van der Waals surface area contributed by atoms with Crippen LogP contribution in [0.2, 0.25) is 5.82 Å². The van der Waals surface area contributed by atoms with Gasteiger partial charge in [-0.3, -0.25) is 14.2 Å². The minimum Gasteiger partial charge on any atom is -0.421 e. The van der Waals surface area contributed by atoms with Gasteiger partial charge < -0.3 is 15.0 Å². The van der Waals surface area contributed by atoms with E-state index in [1.807, 2.05) is 45.0 Å². The lowest BCUT2D eigenvalue weighted by molar-refractivity contribution is 0.0944. The number of rotatable bonds is 6. The molecule has 176 valence electrons. The molecule has 0 radical (unpaired) electrons. The maximum Gasteiger partial charge on any atom is 0.280 e. The van der Waals surface area contributed by atoms with Crippen LogP contribution in [-0.2, 0) is 0 Å². The van der Waals surface area contributed by atoms with Gasteiger partial charge in [0, 0.05) is 31.5 Å². The fourth-order valence-electron chi connectivity index (χ4n) is 4.00. The molecule has 4 heterocycles. The van der Waals surface area contributed by atoms with E-state index in [-0.39, 0.29) is 17.5 Å². The predicted molar refractivity (Wildman–Crippen MR) is 141 cm³/mol. The molecule has 1 aliphatic carbocycles. The Hall–Kier alpha value is -4.08. The molecule has 1 saturated carbocycles. The number of carbonyl (C=O) groups is 1. The number of amides is 1. The first-order valence-corrected chi connectivity index (χ1v) is 11.5. The van der Waals surface area contributed by atoms with E-state index in [0.717, 1.165) is 17.7 Å². The Bertz CT molecular complexity index is 1480. The van der Waals surface area contributed by atoms with Crippen LogP contribution in [0.25, 0.3) is 11.5 Å². The highest BCUT2D eigenvalue weighted by Gasteiger charge is 2.34. The summed E-state index contributed by atoms with van der Waals surface area (Å²) >= 11 is 0. The van der Waals surface area contributed by atoms with Gasteiger partial charge in [-0.05, 0) is 50.0 Å². The molecule has 0 bridgehead atoms. The smallest absolute Gasteiger partial charge is 0.280 e.